The monoisotopic (exact) mass is 250 g/mol. The first kappa shape index (κ1) is 13.1. The van der Waals surface area contributed by atoms with Gasteiger partial charge in [-0.1, -0.05) is 20.8 Å². The number of rotatable bonds is 4. The van der Waals surface area contributed by atoms with Gasteiger partial charge in [0.2, 0.25) is 5.91 Å². The molecule has 0 N–H and O–H groups in total. The maximum Gasteiger partial charge on any atom is 0.222 e. The van der Waals surface area contributed by atoms with Gasteiger partial charge in [-0.25, -0.2) is 0 Å². The van der Waals surface area contributed by atoms with Crippen LogP contribution >= 0.6 is 0 Å². The highest BCUT2D eigenvalue weighted by Gasteiger charge is 2.32. The third kappa shape index (κ3) is 2.54. The molecule has 5 heteroatoms. The zero-order valence-corrected chi connectivity index (χ0v) is 11.5. The molecular formula is C13H22N4O. The van der Waals surface area contributed by atoms with Crippen LogP contribution in [0.4, 0.5) is 0 Å². The largest absolute Gasteiger partial charge is 0.332 e. The lowest BCUT2D eigenvalue weighted by Gasteiger charge is -2.24. The second-order valence-corrected chi connectivity index (χ2v) is 5.33. The highest BCUT2D eigenvalue weighted by molar-refractivity contribution is 5.76. The Hall–Kier alpha value is -1.39. The molecule has 1 fully saturated rings. The standard InChI is InChI=1S/C13H22N4O/c1-4-12(18)17-7-5-6-11(17)13-15-14-9-16(13)8-10(2)3/h9-11H,4-8H2,1-3H3. The van der Waals surface area contributed by atoms with Crippen molar-refractivity contribution in [2.24, 2.45) is 5.92 Å². The average molecular weight is 250 g/mol. The van der Waals surface area contributed by atoms with Crippen LogP contribution in [0.1, 0.15) is 51.9 Å². The lowest BCUT2D eigenvalue weighted by Crippen LogP contribution is -2.31. The Morgan fingerprint density at radius 3 is 3.00 bits per heavy atom. The number of amides is 1. The van der Waals surface area contributed by atoms with Gasteiger partial charge in [0.1, 0.15) is 6.33 Å². The van der Waals surface area contributed by atoms with Crippen molar-refractivity contribution in [1.29, 1.82) is 0 Å². The SMILES string of the molecule is CCC(=O)N1CCCC1c1nncn1CC(C)C. The van der Waals surface area contributed by atoms with Crippen LogP contribution < -0.4 is 0 Å². The van der Waals surface area contributed by atoms with E-state index >= 15 is 0 Å². The second-order valence-electron chi connectivity index (χ2n) is 5.33. The van der Waals surface area contributed by atoms with Gasteiger partial charge >= 0.3 is 0 Å². The summed E-state index contributed by atoms with van der Waals surface area (Å²) in [6.07, 6.45) is 4.41. The van der Waals surface area contributed by atoms with E-state index in [2.05, 4.69) is 28.6 Å². The molecule has 1 amide bonds. The van der Waals surface area contributed by atoms with E-state index in [1.54, 1.807) is 6.33 Å². The molecule has 5 nitrogen and oxygen atoms in total. The van der Waals surface area contributed by atoms with E-state index in [-0.39, 0.29) is 11.9 Å². The van der Waals surface area contributed by atoms with Gasteiger partial charge in [-0.15, -0.1) is 10.2 Å². The first-order valence-corrected chi connectivity index (χ1v) is 6.80. The van der Waals surface area contributed by atoms with Crippen LogP contribution in [0.2, 0.25) is 0 Å². The van der Waals surface area contributed by atoms with Gasteiger partial charge in [-0.3, -0.25) is 4.79 Å². The van der Waals surface area contributed by atoms with Crippen LogP contribution in [0, 0.1) is 5.92 Å². The molecule has 0 radical (unpaired) electrons. The number of hydrogen-bond donors (Lipinski definition) is 0. The van der Waals surface area contributed by atoms with E-state index in [1.807, 2.05) is 11.8 Å². The number of likely N-dealkylation sites (tertiary alicyclic amines) is 1. The molecule has 0 saturated carbocycles. The molecule has 1 aliphatic heterocycles. The second kappa shape index (κ2) is 5.50. The number of aromatic nitrogens is 3. The third-order valence-corrected chi connectivity index (χ3v) is 3.38. The Kier molecular flexibility index (Phi) is 3.99. The number of hydrogen-bond acceptors (Lipinski definition) is 3. The van der Waals surface area contributed by atoms with Crippen LogP contribution in [0.25, 0.3) is 0 Å². The summed E-state index contributed by atoms with van der Waals surface area (Å²) in [5.41, 5.74) is 0. The zero-order valence-electron chi connectivity index (χ0n) is 11.5. The highest BCUT2D eigenvalue weighted by Crippen LogP contribution is 2.31. The van der Waals surface area contributed by atoms with Crippen molar-refractivity contribution in [2.45, 2.75) is 52.6 Å². The zero-order chi connectivity index (χ0) is 13.1. The van der Waals surface area contributed by atoms with Crippen LogP contribution in [0.5, 0.6) is 0 Å². The molecule has 1 saturated heterocycles. The maximum absolute atomic E-state index is 11.9. The van der Waals surface area contributed by atoms with Gasteiger partial charge < -0.3 is 9.47 Å². The molecule has 1 aromatic heterocycles. The normalized spacial score (nSPS) is 19.8. The van der Waals surface area contributed by atoms with Crippen molar-refractivity contribution in [3.63, 3.8) is 0 Å². The fourth-order valence-electron chi connectivity index (χ4n) is 2.59. The lowest BCUT2D eigenvalue weighted by molar-refractivity contribution is -0.131. The smallest absolute Gasteiger partial charge is 0.222 e. The molecule has 1 atom stereocenters. The molecule has 2 rings (SSSR count). The van der Waals surface area contributed by atoms with Gasteiger partial charge in [-0.2, -0.15) is 0 Å². The fourth-order valence-corrected chi connectivity index (χ4v) is 2.59. The summed E-state index contributed by atoms with van der Waals surface area (Å²) in [5.74, 6) is 1.72. The average Bonchev–Trinajstić information content (AvgIpc) is 2.94. The number of nitrogens with zero attached hydrogens (tertiary/aromatic N) is 4. The van der Waals surface area contributed by atoms with Crippen LogP contribution in [0.15, 0.2) is 6.33 Å². The van der Waals surface area contributed by atoms with Gasteiger partial charge in [0.25, 0.3) is 0 Å². The first-order chi connectivity index (χ1) is 8.63. The van der Waals surface area contributed by atoms with Crippen LogP contribution in [-0.4, -0.2) is 32.1 Å². The summed E-state index contributed by atoms with van der Waals surface area (Å²) in [5, 5.41) is 8.25. The van der Waals surface area contributed by atoms with Crippen LogP contribution in [0.3, 0.4) is 0 Å². The van der Waals surface area contributed by atoms with Gasteiger partial charge in [0.05, 0.1) is 6.04 Å². The summed E-state index contributed by atoms with van der Waals surface area (Å²) in [4.78, 5) is 13.9. The summed E-state index contributed by atoms with van der Waals surface area (Å²) in [6, 6.07) is 0.124. The Morgan fingerprint density at radius 2 is 2.33 bits per heavy atom. The van der Waals surface area contributed by atoms with Gasteiger partial charge in [0, 0.05) is 19.5 Å². The lowest BCUT2D eigenvalue weighted by atomic mass is 10.1. The minimum absolute atomic E-state index is 0.124. The van der Waals surface area contributed by atoms with Gasteiger partial charge in [0.15, 0.2) is 5.82 Å². The summed E-state index contributed by atoms with van der Waals surface area (Å²) in [7, 11) is 0. The van der Waals surface area contributed by atoms with E-state index in [4.69, 9.17) is 0 Å². The highest BCUT2D eigenvalue weighted by atomic mass is 16.2. The van der Waals surface area contributed by atoms with Gasteiger partial charge in [-0.05, 0) is 18.8 Å². The molecule has 0 spiro atoms. The molecule has 2 heterocycles. The predicted molar refractivity (Wildman–Crippen MR) is 68.8 cm³/mol. The molecule has 0 aromatic carbocycles. The molecule has 1 unspecified atom stereocenters. The molecule has 1 aliphatic rings. The quantitative estimate of drug-likeness (QED) is 0.821. The number of carbonyl (C=O) groups is 1. The molecule has 18 heavy (non-hydrogen) atoms. The number of carbonyl (C=O) groups excluding carboxylic acids is 1. The van der Waals surface area contributed by atoms with Crippen molar-refractivity contribution < 1.29 is 4.79 Å². The van der Waals surface area contributed by atoms with E-state index < -0.39 is 0 Å². The molecule has 0 aliphatic carbocycles. The summed E-state index contributed by atoms with van der Waals surface area (Å²) < 4.78 is 2.09. The Bertz CT molecular complexity index is 413. The third-order valence-electron chi connectivity index (χ3n) is 3.38. The molecular weight excluding hydrogens is 228 g/mol. The topological polar surface area (TPSA) is 51.0 Å². The van der Waals surface area contributed by atoms with Crippen molar-refractivity contribution in [3.05, 3.63) is 12.2 Å². The fraction of sp³-hybridized carbons (Fsp3) is 0.769. The van der Waals surface area contributed by atoms with Crippen LogP contribution in [-0.2, 0) is 11.3 Å². The summed E-state index contributed by atoms with van der Waals surface area (Å²) >= 11 is 0. The minimum Gasteiger partial charge on any atom is -0.332 e. The van der Waals surface area contributed by atoms with Crippen molar-refractivity contribution >= 4 is 5.91 Å². The minimum atomic E-state index is 0.124. The molecule has 1 aromatic rings. The predicted octanol–water partition coefficient (Wildman–Crippen LogP) is 2.01. The Morgan fingerprint density at radius 1 is 1.56 bits per heavy atom. The Balaban J connectivity index is 2.20. The van der Waals surface area contributed by atoms with E-state index in [9.17, 15) is 4.79 Å². The molecule has 100 valence electrons. The van der Waals surface area contributed by atoms with E-state index in [0.717, 1.165) is 31.8 Å². The van der Waals surface area contributed by atoms with E-state index in [1.165, 1.54) is 0 Å². The van der Waals surface area contributed by atoms with Crippen molar-refractivity contribution in [3.8, 4) is 0 Å². The van der Waals surface area contributed by atoms with Crippen molar-refractivity contribution in [1.82, 2.24) is 19.7 Å². The Labute approximate surface area is 108 Å². The maximum atomic E-state index is 11.9. The first-order valence-electron chi connectivity index (χ1n) is 6.80. The molecule has 0 bridgehead atoms. The summed E-state index contributed by atoms with van der Waals surface area (Å²) in [6.45, 7) is 8.02. The van der Waals surface area contributed by atoms with E-state index in [0.29, 0.717) is 12.3 Å². The van der Waals surface area contributed by atoms with Crippen molar-refractivity contribution in [2.75, 3.05) is 6.54 Å².